The third-order valence-corrected chi connectivity index (χ3v) is 2.99. The second kappa shape index (κ2) is 5.72. The van der Waals surface area contributed by atoms with Crippen LogP contribution in [0.2, 0.25) is 0 Å². The molecule has 0 aliphatic rings. The second-order valence-electron chi connectivity index (χ2n) is 5.03. The average Bonchev–Trinajstić information content (AvgIpc) is 2.38. The van der Waals surface area contributed by atoms with E-state index in [1.807, 2.05) is 12.1 Å². The van der Waals surface area contributed by atoms with Crippen LogP contribution < -0.4 is 4.74 Å². The molecule has 94 valence electrons. The van der Waals surface area contributed by atoms with Crippen molar-refractivity contribution in [3.8, 4) is 16.9 Å². The summed E-state index contributed by atoms with van der Waals surface area (Å²) in [6.45, 7) is 4.50. The Morgan fingerprint density at radius 3 is 2.28 bits per heavy atom. The van der Waals surface area contributed by atoms with Crippen molar-refractivity contribution in [1.29, 1.82) is 0 Å². The maximum atomic E-state index is 5.18. The lowest BCUT2D eigenvalue weighted by Gasteiger charge is -2.08. The van der Waals surface area contributed by atoms with Gasteiger partial charge in [-0.15, -0.1) is 0 Å². The summed E-state index contributed by atoms with van der Waals surface area (Å²) in [4.78, 5) is 0. The van der Waals surface area contributed by atoms with E-state index in [0.717, 1.165) is 12.2 Å². The average molecular weight is 240 g/mol. The Kier molecular flexibility index (Phi) is 4.03. The Bertz CT molecular complexity index is 497. The van der Waals surface area contributed by atoms with Crippen LogP contribution in [0.15, 0.2) is 48.5 Å². The van der Waals surface area contributed by atoms with Crippen molar-refractivity contribution in [2.45, 2.75) is 20.3 Å². The van der Waals surface area contributed by atoms with Crippen molar-refractivity contribution >= 4 is 0 Å². The van der Waals surface area contributed by atoms with Gasteiger partial charge in [-0.1, -0.05) is 50.2 Å². The molecule has 0 amide bonds. The van der Waals surface area contributed by atoms with Gasteiger partial charge in [-0.3, -0.25) is 0 Å². The fraction of sp³-hybridized carbons (Fsp3) is 0.294. The first-order valence-electron chi connectivity index (χ1n) is 6.42. The Morgan fingerprint density at radius 2 is 1.67 bits per heavy atom. The van der Waals surface area contributed by atoms with Crippen LogP contribution in [0, 0.1) is 5.92 Å². The number of benzene rings is 2. The predicted octanol–water partition coefficient (Wildman–Crippen LogP) is 4.56. The van der Waals surface area contributed by atoms with Gasteiger partial charge in [0.05, 0.1) is 7.11 Å². The summed E-state index contributed by atoms with van der Waals surface area (Å²) < 4.78 is 5.18. The lowest BCUT2D eigenvalue weighted by atomic mass is 9.98. The third kappa shape index (κ3) is 3.13. The quantitative estimate of drug-likeness (QED) is 0.761. The molecule has 0 radical (unpaired) electrons. The van der Waals surface area contributed by atoms with Gasteiger partial charge in [-0.05, 0) is 41.2 Å². The minimum Gasteiger partial charge on any atom is -0.497 e. The number of ether oxygens (including phenoxy) is 1. The van der Waals surface area contributed by atoms with Gasteiger partial charge in [0, 0.05) is 0 Å². The molecular formula is C17H20O. The lowest BCUT2D eigenvalue weighted by Crippen LogP contribution is -1.93. The first kappa shape index (κ1) is 12.7. The second-order valence-corrected chi connectivity index (χ2v) is 5.03. The van der Waals surface area contributed by atoms with Gasteiger partial charge < -0.3 is 4.74 Å². The minimum absolute atomic E-state index is 0.691. The molecular weight excluding hydrogens is 220 g/mol. The van der Waals surface area contributed by atoms with Crippen molar-refractivity contribution in [2.75, 3.05) is 7.11 Å². The largest absolute Gasteiger partial charge is 0.497 e. The lowest BCUT2D eigenvalue weighted by molar-refractivity contribution is 0.415. The SMILES string of the molecule is COc1ccc(-c2cccc(CC(C)C)c2)cc1. The molecule has 0 aliphatic heterocycles. The monoisotopic (exact) mass is 240 g/mol. The number of hydrogen-bond acceptors (Lipinski definition) is 1. The summed E-state index contributed by atoms with van der Waals surface area (Å²) in [5.74, 6) is 1.59. The van der Waals surface area contributed by atoms with E-state index in [1.165, 1.54) is 16.7 Å². The van der Waals surface area contributed by atoms with Crippen molar-refractivity contribution in [1.82, 2.24) is 0 Å². The highest BCUT2D eigenvalue weighted by molar-refractivity contribution is 5.64. The van der Waals surface area contributed by atoms with E-state index in [2.05, 4.69) is 50.2 Å². The summed E-state index contributed by atoms with van der Waals surface area (Å²) in [5.41, 5.74) is 3.91. The fourth-order valence-electron chi connectivity index (χ4n) is 2.13. The van der Waals surface area contributed by atoms with Gasteiger partial charge in [0.15, 0.2) is 0 Å². The Hall–Kier alpha value is -1.76. The molecule has 0 fully saturated rings. The molecule has 18 heavy (non-hydrogen) atoms. The van der Waals surface area contributed by atoms with Gasteiger partial charge in [0.25, 0.3) is 0 Å². The first-order valence-corrected chi connectivity index (χ1v) is 6.42. The topological polar surface area (TPSA) is 9.23 Å². The zero-order valence-electron chi connectivity index (χ0n) is 11.3. The summed E-state index contributed by atoms with van der Waals surface area (Å²) in [5, 5.41) is 0. The first-order chi connectivity index (χ1) is 8.69. The molecule has 0 heterocycles. The molecule has 0 bridgehead atoms. The molecule has 0 aromatic heterocycles. The molecule has 1 heteroatoms. The van der Waals surface area contributed by atoms with Crippen LogP contribution in [0.3, 0.4) is 0 Å². The smallest absolute Gasteiger partial charge is 0.118 e. The molecule has 1 nitrogen and oxygen atoms in total. The summed E-state index contributed by atoms with van der Waals surface area (Å²) in [6, 6.07) is 17.0. The molecule has 0 unspecified atom stereocenters. The van der Waals surface area contributed by atoms with E-state index in [4.69, 9.17) is 4.74 Å². The standard InChI is InChI=1S/C17H20O/c1-13(2)11-14-5-4-6-16(12-14)15-7-9-17(18-3)10-8-15/h4-10,12-13H,11H2,1-3H3. The number of methoxy groups -OCH3 is 1. The predicted molar refractivity (Wildman–Crippen MR) is 77.0 cm³/mol. The molecule has 0 atom stereocenters. The van der Waals surface area contributed by atoms with Crippen LogP contribution in [0.25, 0.3) is 11.1 Å². The summed E-state index contributed by atoms with van der Waals surface area (Å²) in [6.07, 6.45) is 1.13. The van der Waals surface area contributed by atoms with Gasteiger partial charge in [0.1, 0.15) is 5.75 Å². The van der Waals surface area contributed by atoms with Crippen molar-refractivity contribution in [2.24, 2.45) is 5.92 Å². The minimum atomic E-state index is 0.691. The zero-order chi connectivity index (χ0) is 13.0. The molecule has 2 rings (SSSR count). The van der Waals surface area contributed by atoms with Crippen LogP contribution in [0.1, 0.15) is 19.4 Å². The number of hydrogen-bond donors (Lipinski definition) is 0. The highest BCUT2D eigenvalue weighted by atomic mass is 16.5. The van der Waals surface area contributed by atoms with E-state index in [0.29, 0.717) is 5.92 Å². The van der Waals surface area contributed by atoms with Crippen LogP contribution >= 0.6 is 0 Å². The maximum absolute atomic E-state index is 5.18. The molecule has 2 aromatic rings. The Labute approximate surface area is 109 Å². The number of rotatable bonds is 4. The molecule has 0 saturated carbocycles. The fourth-order valence-corrected chi connectivity index (χ4v) is 2.13. The van der Waals surface area contributed by atoms with Gasteiger partial charge in [-0.2, -0.15) is 0 Å². The maximum Gasteiger partial charge on any atom is 0.118 e. The molecule has 0 saturated heterocycles. The highest BCUT2D eigenvalue weighted by Crippen LogP contribution is 2.23. The van der Waals surface area contributed by atoms with E-state index < -0.39 is 0 Å². The van der Waals surface area contributed by atoms with Crippen molar-refractivity contribution in [3.63, 3.8) is 0 Å². The van der Waals surface area contributed by atoms with E-state index in [-0.39, 0.29) is 0 Å². The van der Waals surface area contributed by atoms with Crippen LogP contribution in [-0.4, -0.2) is 7.11 Å². The Morgan fingerprint density at radius 1 is 0.944 bits per heavy atom. The Balaban J connectivity index is 2.26. The zero-order valence-corrected chi connectivity index (χ0v) is 11.3. The normalized spacial score (nSPS) is 10.7. The summed E-state index contributed by atoms with van der Waals surface area (Å²) >= 11 is 0. The molecule has 0 spiro atoms. The van der Waals surface area contributed by atoms with Crippen LogP contribution in [0.5, 0.6) is 5.75 Å². The third-order valence-electron chi connectivity index (χ3n) is 2.99. The van der Waals surface area contributed by atoms with E-state index in [9.17, 15) is 0 Å². The van der Waals surface area contributed by atoms with Crippen molar-refractivity contribution < 1.29 is 4.74 Å². The summed E-state index contributed by atoms with van der Waals surface area (Å²) in [7, 11) is 1.69. The van der Waals surface area contributed by atoms with Gasteiger partial charge in [0.2, 0.25) is 0 Å². The van der Waals surface area contributed by atoms with Gasteiger partial charge in [-0.25, -0.2) is 0 Å². The van der Waals surface area contributed by atoms with Crippen molar-refractivity contribution in [3.05, 3.63) is 54.1 Å². The van der Waals surface area contributed by atoms with Crippen LogP contribution in [0.4, 0.5) is 0 Å². The van der Waals surface area contributed by atoms with Gasteiger partial charge >= 0.3 is 0 Å². The highest BCUT2D eigenvalue weighted by Gasteiger charge is 2.02. The van der Waals surface area contributed by atoms with Crippen LogP contribution in [-0.2, 0) is 6.42 Å². The molecule has 0 aliphatic carbocycles. The van der Waals surface area contributed by atoms with E-state index in [1.54, 1.807) is 7.11 Å². The molecule has 2 aromatic carbocycles. The van der Waals surface area contributed by atoms with E-state index >= 15 is 0 Å². The molecule has 0 N–H and O–H groups in total.